The van der Waals surface area contributed by atoms with E-state index in [1.807, 2.05) is 24.3 Å². The fourth-order valence-electron chi connectivity index (χ4n) is 2.38. The third-order valence-corrected chi connectivity index (χ3v) is 3.45. The Hall–Kier alpha value is -2.62. The minimum atomic E-state index is -0.525. The summed E-state index contributed by atoms with van der Waals surface area (Å²) in [5.41, 5.74) is 8.29. The zero-order valence-corrected chi connectivity index (χ0v) is 10.9. The number of nitrogens with zero attached hydrogens (tertiary/aromatic N) is 1. The fraction of sp³-hybridized carbons (Fsp3) is 0.125. The first-order valence-corrected chi connectivity index (χ1v) is 6.40. The van der Waals surface area contributed by atoms with E-state index in [0.29, 0.717) is 24.2 Å². The molecular weight excluding hydrogens is 252 g/mol. The van der Waals surface area contributed by atoms with Gasteiger partial charge in [0.05, 0.1) is 0 Å². The lowest BCUT2D eigenvalue weighted by Crippen LogP contribution is -2.29. The predicted octanol–water partition coefficient (Wildman–Crippen LogP) is 1.94. The van der Waals surface area contributed by atoms with Crippen molar-refractivity contribution in [1.29, 1.82) is 0 Å². The molecule has 2 bridgehead atoms. The second-order valence-corrected chi connectivity index (χ2v) is 4.92. The number of rotatable bonds is 2. The molecule has 0 atom stereocenters. The summed E-state index contributed by atoms with van der Waals surface area (Å²) in [5.74, 6) is -0.613. The van der Waals surface area contributed by atoms with E-state index in [1.165, 1.54) is 0 Å². The Morgan fingerprint density at radius 2 is 1.45 bits per heavy atom. The Kier molecular flexibility index (Phi) is 2.99. The van der Waals surface area contributed by atoms with Crippen LogP contribution >= 0.6 is 0 Å². The first kappa shape index (κ1) is 12.4. The maximum atomic E-state index is 12.5. The Labute approximate surface area is 116 Å². The highest BCUT2D eigenvalue weighted by molar-refractivity contribution is 5.99. The second kappa shape index (κ2) is 4.81. The molecule has 0 aromatic heterocycles. The molecule has 2 aliphatic rings. The SMILES string of the molecule is NC(=O)c1cccc(C(=O)N2Cc3ccc(cc3)C2)c1. The van der Waals surface area contributed by atoms with Crippen molar-refractivity contribution in [3.05, 3.63) is 70.8 Å². The van der Waals surface area contributed by atoms with E-state index in [1.54, 1.807) is 29.2 Å². The van der Waals surface area contributed by atoms with Crippen molar-refractivity contribution in [3.63, 3.8) is 0 Å². The van der Waals surface area contributed by atoms with Gasteiger partial charge in [-0.25, -0.2) is 0 Å². The highest BCUT2D eigenvalue weighted by atomic mass is 16.2. The maximum Gasteiger partial charge on any atom is 0.254 e. The normalized spacial score (nSPS) is 13.1. The number of carbonyl (C=O) groups is 2. The molecule has 2 amide bonds. The summed E-state index contributed by atoms with van der Waals surface area (Å²) in [7, 11) is 0. The summed E-state index contributed by atoms with van der Waals surface area (Å²) in [6, 6.07) is 14.7. The number of hydrogen-bond acceptors (Lipinski definition) is 2. The number of hydrogen-bond donors (Lipinski definition) is 1. The van der Waals surface area contributed by atoms with Gasteiger partial charge in [-0.05, 0) is 29.3 Å². The zero-order chi connectivity index (χ0) is 14.1. The van der Waals surface area contributed by atoms with Gasteiger partial charge in [0.15, 0.2) is 0 Å². The van der Waals surface area contributed by atoms with Gasteiger partial charge in [-0.15, -0.1) is 0 Å². The highest BCUT2D eigenvalue weighted by Gasteiger charge is 2.19. The van der Waals surface area contributed by atoms with E-state index in [0.717, 1.165) is 11.1 Å². The predicted molar refractivity (Wildman–Crippen MR) is 75.0 cm³/mol. The van der Waals surface area contributed by atoms with Gasteiger partial charge in [0, 0.05) is 24.2 Å². The van der Waals surface area contributed by atoms with Crippen LogP contribution in [0.2, 0.25) is 0 Å². The summed E-state index contributed by atoms with van der Waals surface area (Å²) in [6.45, 7) is 1.16. The number of fused-ring (bicyclic) bond motifs is 4. The van der Waals surface area contributed by atoms with Gasteiger partial charge < -0.3 is 10.6 Å². The highest BCUT2D eigenvalue weighted by Crippen LogP contribution is 2.19. The fourth-order valence-corrected chi connectivity index (χ4v) is 2.38. The van der Waals surface area contributed by atoms with Crippen molar-refractivity contribution in [2.45, 2.75) is 13.1 Å². The van der Waals surface area contributed by atoms with Gasteiger partial charge >= 0.3 is 0 Å². The molecule has 2 heterocycles. The van der Waals surface area contributed by atoms with Crippen molar-refractivity contribution in [2.24, 2.45) is 5.73 Å². The summed E-state index contributed by atoms with van der Waals surface area (Å²) in [5, 5.41) is 0. The van der Waals surface area contributed by atoms with Gasteiger partial charge in [-0.3, -0.25) is 9.59 Å². The van der Waals surface area contributed by atoms with Crippen LogP contribution in [0.1, 0.15) is 31.8 Å². The van der Waals surface area contributed by atoms with Crippen LogP contribution in [0.25, 0.3) is 0 Å². The summed E-state index contributed by atoms with van der Waals surface area (Å²) in [4.78, 5) is 25.5. The van der Waals surface area contributed by atoms with Crippen molar-refractivity contribution in [2.75, 3.05) is 0 Å². The molecule has 4 heteroatoms. The molecule has 4 nitrogen and oxygen atoms in total. The zero-order valence-electron chi connectivity index (χ0n) is 10.9. The molecule has 0 aliphatic carbocycles. The molecule has 2 aliphatic heterocycles. The molecule has 0 saturated carbocycles. The minimum absolute atomic E-state index is 0.0875. The Bertz CT molecular complexity index is 652. The van der Waals surface area contributed by atoms with Crippen molar-refractivity contribution < 1.29 is 9.59 Å². The minimum Gasteiger partial charge on any atom is -0.366 e. The summed E-state index contributed by atoms with van der Waals surface area (Å²) in [6.07, 6.45) is 0. The lowest BCUT2D eigenvalue weighted by Gasteiger charge is -2.20. The maximum absolute atomic E-state index is 12.5. The molecule has 100 valence electrons. The molecule has 2 aromatic carbocycles. The van der Waals surface area contributed by atoms with Crippen molar-refractivity contribution >= 4 is 11.8 Å². The standard InChI is InChI=1S/C16H14N2O2/c17-15(19)13-2-1-3-14(8-13)16(20)18-9-11-4-5-12(10-18)7-6-11/h1-8H,9-10H2,(H2,17,19). The number of carbonyl (C=O) groups excluding carboxylic acids is 2. The smallest absolute Gasteiger partial charge is 0.254 e. The third kappa shape index (κ3) is 2.28. The van der Waals surface area contributed by atoms with Crippen LogP contribution in [-0.4, -0.2) is 16.7 Å². The first-order valence-electron chi connectivity index (χ1n) is 6.40. The lowest BCUT2D eigenvalue weighted by atomic mass is 10.1. The average Bonchev–Trinajstić information content (AvgIpc) is 2.80. The Balaban J connectivity index is 1.88. The van der Waals surface area contributed by atoms with Crippen LogP contribution in [0.4, 0.5) is 0 Å². The molecule has 2 N–H and O–H groups in total. The van der Waals surface area contributed by atoms with E-state index >= 15 is 0 Å². The quantitative estimate of drug-likeness (QED) is 0.902. The number of benzene rings is 2. The van der Waals surface area contributed by atoms with Crippen LogP contribution in [0, 0.1) is 0 Å². The van der Waals surface area contributed by atoms with Crippen LogP contribution < -0.4 is 5.73 Å². The van der Waals surface area contributed by atoms with Crippen molar-refractivity contribution in [1.82, 2.24) is 4.90 Å². The topological polar surface area (TPSA) is 63.4 Å². The number of primary amides is 1. The monoisotopic (exact) mass is 266 g/mol. The van der Waals surface area contributed by atoms with E-state index in [-0.39, 0.29) is 5.91 Å². The van der Waals surface area contributed by atoms with E-state index in [2.05, 4.69) is 0 Å². The molecule has 20 heavy (non-hydrogen) atoms. The van der Waals surface area contributed by atoms with E-state index in [4.69, 9.17) is 5.73 Å². The van der Waals surface area contributed by atoms with Gasteiger partial charge in [0.2, 0.25) is 5.91 Å². The second-order valence-electron chi connectivity index (χ2n) is 4.92. The number of amides is 2. The Morgan fingerprint density at radius 1 is 0.900 bits per heavy atom. The van der Waals surface area contributed by atoms with Crippen LogP contribution in [0.5, 0.6) is 0 Å². The van der Waals surface area contributed by atoms with Crippen LogP contribution in [0.15, 0.2) is 48.5 Å². The van der Waals surface area contributed by atoms with Gasteiger partial charge in [-0.2, -0.15) is 0 Å². The molecule has 0 saturated heterocycles. The molecule has 0 radical (unpaired) electrons. The largest absolute Gasteiger partial charge is 0.366 e. The summed E-state index contributed by atoms with van der Waals surface area (Å²) >= 11 is 0. The number of nitrogens with two attached hydrogens (primary N) is 1. The lowest BCUT2D eigenvalue weighted by molar-refractivity contribution is 0.0733. The molecule has 4 rings (SSSR count). The molecule has 0 unspecified atom stereocenters. The Morgan fingerprint density at radius 3 is 2.00 bits per heavy atom. The van der Waals surface area contributed by atoms with Crippen molar-refractivity contribution in [3.8, 4) is 0 Å². The molecule has 0 spiro atoms. The van der Waals surface area contributed by atoms with Gasteiger partial charge in [0.25, 0.3) is 5.91 Å². The van der Waals surface area contributed by atoms with E-state index in [9.17, 15) is 9.59 Å². The molecule has 0 fully saturated rings. The molecular formula is C16H14N2O2. The average molecular weight is 266 g/mol. The van der Waals surface area contributed by atoms with Gasteiger partial charge in [-0.1, -0.05) is 30.3 Å². The molecule has 2 aromatic rings. The third-order valence-electron chi connectivity index (χ3n) is 3.45. The van der Waals surface area contributed by atoms with Gasteiger partial charge in [0.1, 0.15) is 0 Å². The van der Waals surface area contributed by atoms with Crippen LogP contribution in [-0.2, 0) is 13.1 Å². The first-order chi connectivity index (χ1) is 9.63. The van der Waals surface area contributed by atoms with Crippen LogP contribution in [0.3, 0.4) is 0 Å². The summed E-state index contributed by atoms with van der Waals surface area (Å²) < 4.78 is 0. The van der Waals surface area contributed by atoms with E-state index < -0.39 is 5.91 Å².